The standard InChI is InChI=1S/C14H18N2O5S/c1-22(20,21)15-12-5-3-2-4-11(12)13(17)16-8-6-10(7-9-16)14(18)19/h2-5,10,15H,6-9H2,1H3,(H,18,19). The van der Waals surface area contributed by atoms with E-state index in [9.17, 15) is 18.0 Å². The molecule has 0 saturated carbocycles. The van der Waals surface area contributed by atoms with Crippen LogP contribution in [0.25, 0.3) is 0 Å². The molecule has 1 aliphatic rings. The van der Waals surface area contributed by atoms with Gasteiger partial charge in [-0.3, -0.25) is 14.3 Å². The molecule has 1 amide bonds. The first-order valence-corrected chi connectivity index (χ1v) is 8.76. The largest absolute Gasteiger partial charge is 0.481 e. The second-order valence-corrected chi connectivity index (χ2v) is 7.07. The Bertz CT molecular complexity index is 678. The van der Waals surface area contributed by atoms with E-state index in [1.807, 2.05) is 0 Å². The van der Waals surface area contributed by atoms with E-state index in [0.29, 0.717) is 25.9 Å². The maximum Gasteiger partial charge on any atom is 0.306 e. The predicted molar refractivity (Wildman–Crippen MR) is 81.2 cm³/mol. The van der Waals surface area contributed by atoms with Crippen LogP contribution in [-0.2, 0) is 14.8 Å². The van der Waals surface area contributed by atoms with Crippen molar-refractivity contribution < 1.29 is 23.1 Å². The topological polar surface area (TPSA) is 104 Å². The fourth-order valence-electron chi connectivity index (χ4n) is 2.46. The highest BCUT2D eigenvalue weighted by Gasteiger charge is 2.28. The SMILES string of the molecule is CS(=O)(=O)Nc1ccccc1C(=O)N1CCC(C(=O)O)CC1. The van der Waals surface area contributed by atoms with Crippen LogP contribution >= 0.6 is 0 Å². The number of rotatable bonds is 4. The number of nitrogens with zero attached hydrogens (tertiary/aromatic N) is 1. The predicted octanol–water partition coefficient (Wildman–Crippen LogP) is 0.995. The second-order valence-electron chi connectivity index (χ2n) is 5.32. The van der Waals surface area contributed by atoms with E-state index < -0.39 is 21.9 Å². The molecule has 0 aliphatic carbocycles. The van der Waals surface area contributed by atoms with Crippen LogP contribution in [-0.4, -0.2) is 49.6 Å². The van der Waals surface area contributed by atoms with Crippen LogP contribution in [0.1, 0.15) is 23.2 Å². The smallest absolute Gasteiger partial charge is 0.306 e. The van der Waals surface area contributed by atoms with E-state index in [1.165, 1.54) is 6.07 Å². The number of carboxylic acid groups (broad SMARTS) is 1. The zero-order valence-corrected chi connectivity index (χ0v) is 13.0. The first kappa shape index (κ1) is 16.3. The van der Waals surface area contributed by atoms with Gasteiger partial charge in [-0.15, -0.1) is 0 Å². The number of hydrogen-bond acceptors (Lipinski definition) is 4. The summed E-state index contributed by atoms with van der Waals surface area (Å²) in [6, 6.07) is 6.38. The molecule has 1 aromatic carbocycles. The van der Waals surface area contributed by atoms with Gasteiger partial charge in [0, 0.05) is 13.1 Å². The molecule has 0 bridgehead atoms. The number of carboxylic acids is 1. The van der Waals surface area contributed by atoms with Crippen LogP contribution in [0.15, 0.2) is 24.3 Å². The van der Waals surface area contributed by atoms with Gasteiger partial charge in [0.05, 0.1) is 23.4 Å². The summed E-state index contributed by atoms with van der Waals surface area (Å²) in [5, 5.41) is 8.97. The summed E-state index contributed by atoms with van der Waals surface area (Å²) in [7, 11) is -3.48. The summed E-state index contributed by atoms with van der Waals surface area (Å²) in [5.74, 6) is -1.56. The van der Waals surface area contributed by atoms with Crippen LogP contribution in [0.5, 0.6) is 0 Å². The number of carbonyl (C=O) groups excluding carboxylic acids is 1. The Hall–Kier alpha value is -2.09. The third-order valence-corrected chi connectivity index (χ3v) is 4.17. The van der Waals surface area contributed by atoms with Gasteiger partial charge in [-0.1, -0.05) is 12.1 Å². The molecule has 1 aromatic rings. The number of para-hydroxylation sites is 1. The first-order valence-electron chi connectivity index (χ1n) is 6.87. The summed E-state index contributed by atoms with van der Waals surface area (Å²) < 4.78 is 25.1. The number of likely N-dealkylation sites (tertiary alicyclic amines) is 1. The third kappa shape index (κ3) is 3.97. The number of amides is 1. The maximum atomic E-state index is 12.5. The Morgan fingerprint density at radius 3 is 2.36 bits per heavy atom. The van der Waals surface area contributed by atoms with Crippen molar-refractivity contribution in [1.29, 1.82) is 0 Å². The van der Waals surface area contributed by atoms with E-state index in [4.69, 9.17) is 5.11 Å². The normalized spacial score (nSPS) is 16.3. The molecule has 2 rings (SSSR count). The highest BCUT2D eigenvalue weighted by atomic mass is 32.2. The molecule has 120 valence electrons. The minimum atomic E-state index is -3.48. The number of carbonyl (C=O) groups is 2. The Morgan fingerprint density at radius 2 is 1.82 bits per heavy atom. The third-order valence-electron chi connectivity index (χ3n) is 3.58. The minimum absolute atomic E-state index is 0.232. The van der Waals surface area contributed by atoms with E-state index in [1.54, 1.807) is 23.1 Å². The van der Waals surface area contributed by atoms with Crippen molar-refractivity contribution in [2.45, 2.75) is 12.8 Å². The zero-order chi connectivity index (χ0) is 16.3. The quantitative estimate of drug-likeness (QED) is 0.859. The van der Waals surface area contributed by atoms with E-state index in [0.717, 1.165) is 6.26 Å². The number of sulfonamides is 1. The molecule has 0 radical (unpaired) electrons. The number of piperidine rings is 1. The van der Waals surface area contributed by atoms with Crippen molar-refractivity contribution in [2.75, 3.05) is 24.1 Å². The molecule has 7 nitrogen and oxygen atoms in total. The van der Waals surface area contributed by atoms with Crippen molar-refractivity contribution in [3.05, 3.63) is 29.8 Å². The molecular weight excluding hydrogens is 308 g/mol. The Labute approximate surface area is 129 Å². The highest BCUT2D eigenvalue weighted by molar-refractivity contribution is 7.92. The van der Waals surface area contributed by atoms with Gasteiger partial charge in [-0.25, -0.2) is 8.42 Å². The van der Waals surface area contributed by atoms with Gasteiger partial charge >= 0.3 is 5.97 Å². The molecule has 0 atom stereocenters. The molecule has 0 spiro atoms. The molecule has 1 aliphatic heterocycles. The number of aliphatic carboxylic acids is 1. The van der Waals surface area contributed by atoms with Gasteiger partial charge in [-0.05, 0) is 25.0 Å². The molecule has 22 heavy (non-hydrogen) atoms. The molecule has 0 unspecified atom stereocenters. The van der Waals surface area contributed by atoms with Gasteiger partial charge < -0.3 is 10.0 Å². The number of hydrogen-bond donors (Lipinski definition) is 2. The molecule has 1 heterocycles. The van der Waals surface area contributed by atoms with Gasteiger partial charge in [0.1, 0.15) is 0 Å². The van der Waals surface area contributed by atoms with Crippen molar-refractivity contribution in [3.8, 4) is 0 Å². The highest BCUT2D eigenvalue weighted by Crippen LogP contribution is 2.23. The fraction of sp³-hybridized carbons (Fsp3) is 0.429. The van der Waals surface area contributed by atoms with Crippen LogP contribution < -0.4 is 4.72 Å². The molecule has 1 fully saturated rings. The summed E-state index contributed by atoms with van der Waals surface area (Å²) >= 11 is 0. The van der Waals surface area contributed by atoms with Gasteiger partial charge in [0.15, 0.2) is 0 Å². The van der Waals surface area contributed by atoms with Gasteiger partial charge in [0.2, 0.25) is 10.0 Å². The van der Waals surface area contributed by atoms with Gasteiger partial charge in [0.25, 0.3) is 5.91 Å². The zero-order valence-electron chi connectivity index (χ0n) is 12.2. The van der Waals surface area contributed by atoms with Crippen molar-refractivity contribution in [2.24, 2.45) is 5.92 Å². The van der Waals surface area contributed by atoms with E-state index in [-0.39, 0.29) is 17.2 Å². The summed E-state index contributed by atoms with van der Waals surface area (Å²) in [6.45, 7) is 0.700. The Kier molecular flexibility index (Phi) is 4.70. The number of benzene rings is 1. The maximum absolute atomic E-state index is 12.5. The lowest BCUT2D eigenvalue weighted by atomic mass is 9.96. The summed E-state index contributed by atoms with van der Waals surface area (Å²) in [6.07, 6.45) is 1.83. The van der Waals surface area contributed by atoms with E-state index >= 15 is 0 Å². The monoisotopic (exact) mass is 326 g/mol. The lowest BCUT2D eigenvalue weighted by Gasteiger charge is -2.30. The van der Waals surface area contributed by atoms with Crippen molar-refractivity contribution >= 4 is 27.6 Å². The van der Waals surface area contributed by atoms with E-state index in [2.05, 4.69) is 4.72 Å². The molecule has 1 saturated heterocycles. The van der Waals surface area contributed by atoms with Crippen molar-refractivity contribution in [3.63, 3.8) is 0 Å². The molecule has 8 heteroatoms. The fourth-order valence-corrected chi connectivity index (χ4v) is 3.04. The summed E-state index contributed by atoms with van der Waals surface area (Å²) in [5.41, 5.74) is 0.497. The van der Waals surface area contributed by atoms with Crippen LogP contribution in [0, 0.1) is 5.92 Å². The number of anilines is 1. The summed E-state index contributed by atoms with van der Waals surface area (Å²) in [4.78, 5) is 25.0. The second kappa shape index (κ2) is 6.35. The van der Waals surface area contributed by atoms with Gasteiger partial charge in [-0.2, -0.15) is 0 Å². The molecule has 2 N–H and O–H groups in total. The lowest BCUT2D eigenvalue weighted by Crippen LogP contribution is -2.40. The number of nitrogens with one attached hydrogen (secondary N) is 1. The molecule has 0 aromatic heterocycles. The molecular formula is C14H18N2O5S. The van der Waals surface area contributed by atoms with Crippen LogP contribution in [0.2, 0.25) is 0 Å². The Morgan fingerprint density at radius 1 is 1.23 bits per heavy atom. The van der Waals surface area contributed by atoms with Crippen LogP contribution in [0.4, 0.5) is 5.69 Å². The minimum Gasteiger partial charge on any atom is -0.481 e. The Balaban J connectivity index is 2.15. The first-order chi connectivity index (χ1) is 10.3. The van der Waals surface area contributed by atoms with Crippen LogP contribution in [0.3, 0.4) is 0 Å². The lowest BCUT2D eigenvalue weighted by molar-refractivity contribution is -0.143. The average molecular weight is 326 g/mol. The van der Waals surface area contributed by atoms with Crippen molar-refractivity contribution in [1.82, 2.24) is 4.90 Å². The average Bonchev–Trinajstić information content (AvgIpc) is 2.45.